The first-order chi connectivity index (χ1) is 17.8. The average Bonchev–Trinajstić information content (AvgIpc) is 3.22. The molecular formula is C28H21Cl2N3O4. The van der Waals surface area contributed by atoms with Gasteiger partial charge >= 0.3 is 6.03 Å². The van der Waals surface area contributed by atoms with Crippen LogP contribution >= 0.6 is 23.2 Å². The van der Waals surface area contributed by atoms with Crippen molar-refractivity contribution in [1.29, 1.82) is 0 Å². The number of amides is 4. The van der Waals surface area contributed by atoms with Crippen molar-refractivity contribution in [2.24, 2.45) is 0 Å². The highest BCUT2D eigenvalue weighted by atomic mass is 35.5. The monoisotopic (exact) mass is 533 g/mol. The number of fused-ring (bicyclic) bond motifs is 1. The highest BCUT2D eigenvalue weighted by Gasteiger charge is 2.37. The van der Waals surface area contributed by atoms with Crippen LogP contribution in [0.5, 0.6) is 5.75 Å². The van der Waals surface area contributed by atoms with E-state index in [1.165, 1.54) is 6.08 Å². The highest BCUT2D eigenvalue weighted by molar-refractivity contribution is 6.39. The highest BCUT2D eigenvalue weighted by Crippen LogP contribution is 2.27. The fraction of sp³-hybridized carbons (Fsp3) is 0.107. The summed E-state index contributed by atoms with van der Waals surface area (Å²) in [5, 5.41) is 4.24. The number of barbiturate groups is 1. The van der Waals surface area contributed by atoms with Crippen LogP contribution in [0.25, 0.3) is 17.0 Å². The van der Waals surface area contributed by atoms with Crippen molar-refractivity contribution in [2.75, 3.05) is 11.5 Å². The molecule has 1 aliphatic rings. The van der Waals surface area contributed by atoms with Crippen LogP contribution in [0.15, 0.2) is 78.5 Å². The van der Waals surface area contributed by atoms with Crippen LogP contribution < -0.4 is 15.0 Å². The quantitative estimate of drug-likeness (QED) is 0.243. The fourth-order valence-electron chi connectivity index (χ4n) is 4.18. The van der Waals surface area contributed by atoms with Gasteiger partial charge in [-0.05, 0) is 67.1 Å². The SMILES string of the molecule is Cc1cc(OCCn2cc(/C=C3/C(=O)NC(=O)N(c4ccc(Cl)cc4)C3=O)c3ccccc32)ccc1Cl. The Kier molecular flexibility index (Phi) is 6.74. The second-order valence-electron chi connectivity index (χ2n) is 8.49. The summed E-state index contributed by atoms with van der Waals surface area (Å²) in [7, 11) is 0. The van der Waals surface area contributed by atoms with Crippen LogP contribution in [-0.2, 0) is 16.1 Å². The number of halogens is 2. The summed E-state index contributed by atoms with van der Waals surface area (Å²) in [5.74, 6) is -0.745. The summed E-state index contributed by atoms with van der Waals surface area (Å²) in [6, 6.07) is 18.6. The first kappa shape index (κ1) is 24.6. The number of rotatable bonds is 6. The molecular weight excluding hydrogens is 513 g/mol. The number of carbonyl (C=O) groups excluding carboxylic acids is 3. The second-order valence-corrected chi connectivity index (χ2v) is 9.33. The molecule has 2 heterocycles. The standard InChI is InChI=1S/C28H21Cl2N3O4/c1-17-14-21(10-11-24(17)30)37-13-12-32-16-18(22-4-2-3-5-25(22)32)15-23-26(34)31-28(36)33(27(23)35)20-8-6-19(29)7-9-20/h2-11,14-16H,12-13H2,1H3,(H,31,34,36)/b23-15-. The van der Waals surface area contributed by atoms with Crippen molar-refractivity contribution >= 4 is 63.7 Å². The number of ether oxygens (including phenoxy) is 1. The van der Waals surface area contributed by atoms with Gasteiger partial charge in [0.05, 0.1) is 12.2 Å². The van der Waals surface area contributed by atoms with Crippen LogP contribution in [0, 0.1) is 6.92 Å². The second kappa shape index (κ2) is 10.1. The number of aromatic nitrogens is 1. The maximum absolute atomic E-state index is 13.3. The number of anilines is 1. The number of nitrogens with zero attached hydrogens (tertiary/aromatic N) is 2. The Hall–Kier alpha value is -4.07. The van der Waals surface area contributed by atoms with Crippen molar-refractivity contribution in [3.05, 3.63) is 99.7 Å². The zero-order valence-electron chi connectivity index (χ0n) is 19.7. The molecule has 1 aromatic heterocycles. The molecule has 0 saturated carbocycles. The molecule has 0 spiro atoms. The van der Waals surface area contributed by atoms with E-state index in [0.717, 1.165) is 27.1 Å². The number of carbonyl (C=O) groups is 3. The number of imide groups is 2. The van der Waals surface area contributed by atoms with Crippen LogP contribution in [0.2, 0.25) is 10.0 Å². The lowest BCUT2D eigenvalue weighted by Crippen LogP contribution is -2.54. The number of hydrogen-bond acceptors (Lipinski definition) is 4. The summed E-state index contributed by atoms with van der Waals surface area (Å²) >= 11 is 12.0. The Morgan fingerprint density at radius 3 is 2.49 bits per heavy atom. The molecule has 1 saturated heterocycles. The Morgan fingerprint density at radius 1 is 0.973 bits per heavy atom. The summed E-state index contributed by atoms with van der Waals surface area (Å²) in [5.41, 5.74) is 2.68. The molecule has 1 aliphatic heterocycles. The Bertz CT molecular complexity index is 1570. The maximum atomic E-state index is 13.3. The predicted octanol–water partition coefficient (Wildman–Crippen LogP) is 6.00. The van der Waals surface area contributed by atoms with Crippen LogP contribution in [-0.4, -0.2) is 29.0 Å². The van der Waals surface area contributed by atoms with Gasteiger partial charge < -0.3 is 9.30 Å². The predicted molar refractivity (Wildman–Crippen MR) is 144 cm³/mol. The zero-order valence-corrected chi connectivity index (χ0v) is 21.2. The first-order valence-corrected chi connectivity index (χ1v) is 12.2. The maximum Gasteiger partial charge on any atom is 0.335 e. The van der Waals surface area contributed by atoms with E-state index < -0.39 is 17.8 Å². The van der Waals surface area contributed by atoms with Crippen molar-refractivity contribution < 1.29 is 19.1 Å². The van der Waals surface area contributed by atoms with Crippen molar-refractivity contribution in [2.45, 2.75) is 13.5 Å². The van der Waals surface area contributed by atoms with E-state index in [0.29, 0.717) is 34.4 Å². The summed E-state index contributed by atoms with van der Waals surface area (Å²) < 4.78 is 7.90. The van der Waals surface area contributed by atoms with Gasteiger partial charge in [0.2, 0.25) is 0 Å². The number of benzene rings is 3. The molecule has 4 amide bonds. The van der Waals surface area contributed by atoms with Crippen molar-refractivity contribution in [1.82, 2.24) is 9.88 Å². The smallest absolute Gasteiger partial charge is 0.335 e. The molecule has 0 aliphatic carbocycles. The molecule has 7 nitrogen and oxygen atoms in total. The molecule has 4 aromatic rings. The van der Waals surface area contributed by atoms with E-state index in [4.69, 9.17) is 27.9 Å². The largest absolute Gasteiger partial charge is 0.492 e. The molecule has 0 unspecified atom stereocenters. The lowest BCUT2D eigenvalue weighted by Gasteiger charge is -2.26. The normalized spacial score (nSPS) is 14.9. The number of nitrogens with one attached hydrogen (secondary N) is 1. The first-order valence-electron chi connectivity index (χ1n) is 11.5. The summed E-state index contributed by atoms with van der Waals surface area (Å²) in [4.78, 5) is 39.3. The molecule has 3 aromatic carbocycles. The Balaban J connectivity index is 1.44. The zero-order chi connectivity index (χ0) is 26.1. The minimum atomic E-state index is -0.813. The van der Waals surface area contributed by atoms with E-state index in [-0.39, 0.29) is 5.57 Å². The Labute approximate surface area is 222 Å². The van der Waals surface area contributed by atoms with Gasteiger partial charge in [0.1, 0.15) is 17.9 Å². The van der Waals surface area contributed by atoms with E-state index in [2.05, 4.69) is 5.32 Å². The van der Waals surface area contributed by atoms with Gasteiger partial charge in [-0.3, -0.25) is 14.9 Å². The molecule has 9 heteroatoms. The minimum Gasteiger partial charge on any atom is -0.492 e. The summed E-state index contributed by atoms with van der Waals surface area (Å²) in [6.07, 6.45) is 3.37. The molecule has 0 bridgehead atoms. The number of aryl methyl sites for hydroxylation is 1. The molecule has 5 rings (SSSR count). The average molecular weight is 534 g/mol. The number of para-hydroxylation sites is 1. The van der Waals surface area contributed by atoms with Gasteiger partial charge in [0.25, 0.3) is 11.8 Å². The molecule has 0 atom stereocenters. The van der Waals surface area contributed by atoms with Gasteiger partial charge in [-0.25, -0.2) is 9.69 Å². The lowest BCUT2D eigenvalue weighted by atomic mass is 10.1. The van der Waals surface area contributed by atoms with E-state index in [9.17, 15) is 14.4 Å². The van der Waals surface area contributed by atoms with E-state index in [1.54, 1.807) is 30.3 Å². The summed E-state index contributed by atoms with van der Waals surface area (Å²) in [6.45, 7) is 2.84. The topological polar surface area (TPSA) is 80.6 Å². The van der Waals surface area contributed by atoms with Gasteiger partial charge in [-0.1, -0.05) is 41.4 Å². The van der Waals surface area contributed by atoms with E-state index in [1.807, 2.05) is 54.1 Å². The fourth-order valence-corrected chi connectivity index (χ4v) is 4.43. The van der Waals surface area contributed by atoms with E-state index >= 15 is 0 Å². The third-order valence-corrected chi connectivity index (χ3v) is 6.71. The van der Waals surface area contributed by atoms with Crippen LogP contribution in [0.4, 0.5) is 10.5 Å². The van der Waals surface area contributed by atoms with Crippen LogP contribution in [0.3, 0.4) is 0 Å². The number of hydrogen-bond donors (Lipinski definition) is 1. The van der Waals surface area contributed by atoms with Gasteiger partial charge in [0, 0.05) is 32.7 Å². The number of urea groups is 1. The Morgan fingerprint density at radius 2 is 1.73 bits per heavy atom. The molecule has 1 fully saturated rings. The molecule has 37 heavy (non-hydrogen) atoms. The lowest BCUT2D eigenvalue weighted by molar-refractivity contribution is -0.122. The molecule has 0 radical (unpaired) electrons. The third kappa shape index (κ3) is 4.96. The molecule has 1 N–H and O–H groups in total. The van der Waals surface area contributed by atoms with Crippen LogP contribution in [0.1, 0.15) is 11.1 Å². The molecule has 186 valence electrons. The van der Waals surface area contributed by atoms with Gasteiger partial charge in [-0.2, -0.15) is 0 Å². The van der Waals surface area contributed by atoms with Crippen molar-refractivity contribution in [3.8, 4) is 5.75 Å². The minimum absolute atomic E-state index is 0.148. The third-order valence-electron chi connectivity index (χ3n) is 6.04. The van der Waals surface area contributed by atoms with Gasteiger partial charge in [-0.15, -0.1) is 0 Å². The van der Waals surface area contributed by atoms with Crippen molar-refractivity contribution in [3.63, 3.8) is 0 Å². The van der Waals surface area contributed by atoms with Gasteiger partial charge in [0.15, 0.2) is 0 Å².